The molecule has 4 nitrogen and oxygen atoms in total. The number of piperazine rings is 1. The van der Waals surface area contributed by atoms with Crippen molar-refractivity contribution in [2.24, 2.45) is 0 Å². The van der Waals surface area contributed by atoms with Crippen LogP contribution >= 0.6 is 12.4 Å². The van der Waals surface area contributed by atoms with Crippen LogP contribution in [0.3, 0.4) is 0 Å². The first-order valence-corrected chi connectivity index (χ1v) is 6.37. The molecule has 19 heavy (non-hydrogen) atoms. The summed E-state index contributed by atoms with van der Waals surface area (Å²) < 4.78 is 5.48. The van der Waals surface area contributed by atoms with Crippen LogP contribution in [0.5, 0.6) is 5.75 Å². The average molecular weight is 285 g/mol. The predicted octanol–water partition coefficient (Wildman–Crippen LogP) is 1.70. The van der Waals surface area contributed by atoms with Gasteiger partial charge in [-0.05, 0) is 26.0 Å². The standard InChI is InChI=1S/C14H20N2O2.ClH/c1-11-8-16(9-12(2)15-11)14(17)10-18-13-6-4-3-5-7-13;/h3-7,11-12,15H,8-10H2,1-2H3;1H. The van der Waals surface area contributed by atoms with E-state index in [0.717, 1.165) is 18.8 Å². The van der Waals surface area contributed by atoms with Crippen molar-refractivity contribution >= 4 is 18.3 Å². The molecule has 1 aliphatic rings. The Balaban J connectivity index is 0.00000180. The molecule has 1 aromatic rings. The summed E-state index contributed by atoms with van der Waals surface area (Å²) >= 11 is 0. The van der Waals surface area contributed by atoms with Gasteiger partial charge in [-0.25, -0.2) is 0 Å². The lowest BCUT2D eigenvalue weighted by Crippen LogP contribution is -2.56. The normalized spacial score (nSPS) is 22.5. The second kappa shape index (κ2) is 7.36. The molecule has 2 unspecified atom stereocenters. The van der Waals surface area contributed by atoms with Gasteiger partial charge in [0.2, 0.25) is 0 Å². The number of nitrogens with zero attached hydrogens (tertiary/aromatic N) is 1. The highest BCUT2D eigenvalue weighted by molar-refractivity contribution is 5.85. The van der Waals surface area contributed by atoms with E-state index in [0.29, 0.717) is 12.1 Å². The zero-order valence-corrected chi connectivity index (χ0v) is 12.2. The van der Waals surface area contributed by atoms with Gasteiger partial charge in [-0.1, -0.05) is 18.2 Å². The van der Waals surface area contributed by atoms with E-state index in [2.05, 4.69) is 19.2 Å². The summed E-state index contributed by atoms with van der Waals surface area (Å²) in [7, 11) is 0. The molecule has 0 aromatic heterocycles. The number of carbonyl (C=O) groups is 1. The number of ether oxygens (including phenoxy) is 1. The lowest BCUT2D eigenvalue weighted by Gasteiger charge is -2.36. The van der Waals surface area contributed by atoms with Gasteiger partial charge in [0.15, 0.2) is 6.61 Å². The van der Waals surface area contributed by atoms with Crippen molar-refractivity contribution in [3.63, 3.8) is 0 Å². The Kier molecular flexibility index (Phi) is 6.12. The van der Waals surface area contributed by atoms with E-state index in [1.165, 1.54) is 0 Å². The molecule has 1 saturated heterocycles. The smallest absolute Gasteiger partial charge is 0.260 e. The predicted molar refractivity (Wildman–Crippen MR) is 77.8 cm³/mol. The molecule has 2 atom stereocenters. The molecule has 0 aliphatic carbocycles. The number of carbonyl (C=O) groups excluding carboxylic acids is 1. The second-order valence-electron chi connectivity index (χ2n) is 4.87. The molecule has 1 fully saturated rings. The number of rotatable bonds is 3. The van der Waals surface area contributed by atoms with E-state index < -0.39 is 0 Å². The van der Waals surface area contributed by atoms with E-state index in [1.807, 2.05) is 35.2 Å². The number of hydrogen-bond donors (Lipinski definition) is 1. The van der Waals surface area contributed by atoms with E-state index in [9.17, 15) is 4.79 Å². The van der Waals surface area contributed by atoms with Crippen molar-refractivity contribution < 1.29 is 9.53 Å². The van der Waals surface area contributed by atoms with Crippen molar-refractivity contribution in [3.8, 4) is 5.75 Å². The number of hydrogen-bond acceptors (Lipinski definition) is 3. The Bertz CT molecular complexity index is 390. The summed E-state index contributed by atoms with van der Waals surface area (Å²) in [4.78, 5) is 13.9. The fraction of sp³-hybridized carbons (Fsp3) is 0.500. The highest BCUT2D eigenvalue weighted by atomic mass is 35.5. The average Bonchev–Trinajstić information content (AvgIpc) is 2.36. The number of benzene rings is 1. The lowest BCUT2D eigenvalue weighted by molar-refractivity contribution is -0.135. The van der Waals surface area contributed by atoms with Crippen LogP contribution in [0.1, 0.15) is 13.8 Å². The minimum Gasteiger partial charge on any atom is -0.484 e. The van der Waals surface area contributed by atoms with Crippen molar-refractivity contribution in [3.05, 3.63) is 30.3 Å². The largest absolute Gasteiger partial charge is 0.484 e. The molecule has 1 N–H and O–H groups in total. The van der Waals surface area contributed by atoms with Crippen molar-refractivity contribution in [2.45, 2.75) is 25.9 Å². The zero-order chi connectivity index (χ0) is 13.0. The maximum atomic E-state index is 12.0. The SMILES string of the molecule is CC1CN(C(=O)COc2ccccc2)CC(C)N1.Cl. The summed E-state index contributed by atoms with van der Waals surface area (Å²) in [5.74, 6) is 0.793. The molecule has 0 spiro atoms. The van der Waals surface area contributed by atoms with Crippen LogP contribution in [0.2, 0.25) is 0 Å². The molecule has 0 saturated carbocycles. The quantitative estimate of drug-likeness (QED) is 0.918. The first-order valence-electron chi connectivity index (χ1n) is 6.37. The fourth-order valence-electron chi connectivity index (χ4n) is 2.28. The van der Waals surface area contributed by atoms with Crippen LogP contribution in [-0.2, 0) is 4.79 Å². The first kappa shape index (κ1) is 15.8. The van der Waals surface area contributed by atoms with Crippen LogP contribution < -0.4 is 10.1 Å². The molecular weight excluding hydrogens is 264 g/mol. The van der Waals surface area contributed by atoms with Gasteiger partial charge in [0.05, 0.1) is 0 Å². The molecule has 0 radical (unpaired) electrons. The van der Waals surface area contributed by atoms with E-state index in [4.69, 9.17) is 4.74 Å². The van der Waals surface area contributed by atoms with E-state index >= 15 is 0 Å². The summed E-state index contributed by atoms with van der Waals surface area (Å²) in [6.45, 7) is 5.80. The Morgan fingerprint density at radius 3 is 2.42 bits per heavy atom. The third-order valence-electron chi connectivity index (χ3n) is 3.02. The number of para-hydroxylation sites is 1. The van der Waals surface area contributed by atoms with Gasteiger partial charge in [-0.15, -0.1) is 12.4 Å². The summed E-state index contributed by atoms with van der Waals surface area (Å²) in [6, 6.07) is 10.1. The summed E-state index contributed by atoms with van der Waals surface area (Å²) in [5.41, 5.74) is 0. The Hall–Kier alpha value is -1.26. The van der Waals surface area contributed by atoms with Crippen molar-refractivity contribution in [1.29, 1.82) is 0 Å². The minimum atomic E-state index is 0. The molecule has 1 aromatic carbocycles. The molecular formula is C14H21ClN2O2. The monoisotopic (exact) mass is 284 g/mol. The molecule has 1 amide bonds. The maximum absolute atomic E-state index is 12.0. The van der Waals surface area contributed by atoms with Gasteiger partial charge in [-0.3, -0.25) is 4.79 Å². The Morgan fingerprint density at radius 2 is 1.84 bits per heavy atom. The van der Waals surface area contributed by atoms with Crippen LogP contribution in [0.25, 0.3) is 0 Å². The molecule has 1 heterocycles. The van der Waals surface area contributed by atoms with Gasteiger partial charge in [0.1, 0.15) is 5.75 Å². The lowest BCUT2D eigenvalue weighted by atomic mass is 10.1. The van der Waals surface area contributed by atoms with Crippen molar-refractivity contribution in [2.75, 3.05) is 19.7 Å². The number of nitrogens with one attached hydrogen (secondary N) is 1. The Labute approximate surface area is 120 Å². The molecule has 1 aliphatic heterocycles. The van der Waals surface area contributed by atoms with Crippen LogP contribution in [-0.4, -0.2) is 42.6 Å². The van der Waals surface area contributed by atoms with Gasteiger partial charge in [-0.2, -0.15) is 0 Å². The van der Waals surface area contributed by atoms with E-state index in [1.54, 1.807) is 0 Å². The number of halogens is 1. The van der Waals surface area contributed by atoms with Gasteiger partial charge in [0.25, 0.3) is 5.91 Å². The van der Waals surface area contributed by atoms with E-state index in [-0.39, 0.29) is 24.9 Å². The summed E-state index contributed by atoms with van der Waals surface area (Å²) in [5, 5.41) is 3.40. The Morgan fingerprint density at radius 1 is 1.26 bits per heavy atom. The second-order valence-corrected chi connectivity index (χ2v) is 4.87. The first-order chi connectivity index (χ1) is 8.65. The topological polar surface area (TPSA) is 41.6 Å². The fourth-order valence-corrected chi connectivity index (χ4v) is 2.28. The zero-order valence-electron chi connectivity index (χ0n) is 11.3. The van der Waals surface area contributed by atoms with Gasteiger partial charge >= 0.3 is 0 Å². The molecule has 2 rings (SSSR count). The third kappa shape index (κ3) is 4.73. The van der Waals surface area contributed by atoms with Crippen LogP contribution in [0.15, 0.2) is 30.3 Å². The van der Waals surface area contributed by atoms with Crippen LogP contribution in [0, 0.1) is 0 Å². The number of amides is 1. The van der Waals surface area contributed by atoms with Gasteiger partial charge < -0.3 is 15.0 Å². The molecule has 106 valence electrons. The third-order valence-corrected chi connectivity index (χ3v) is 3.02. The van der Waals surface area contributed by atoms with Crippen molar-refractivity contribution in [1.82, 2.24) is 10.2 Å². The minimum absolute atomic E-state index is 0. The maximum Gasteiger partial charge on any atom is 0.260 e. The molecule has 0 bridgehead atoms. The highest BCUT2D eigenvalue weighted by Crippen LogP contribution is 2.09. The summed E-state index contributed by atoms with van der Waals surface area (Å²) in [6.07, 6.45) is 0. The molecule has 5 heteroatoms. The van der Waals surface area contributed by atoms with Crippen LogP contribution in [0.4, 0.5) is 0 Å². The van der Waals surface area contributed by atoms with Gasteiger partial charge in [0, 0.05) is 25.2 Å². The highest BCUT2D eigenvalue weighted by Gasteiger charge is 2.24.